The third kappa shape index (κ3) is 3.17. The topological polar surface area (TPSA) is 21.3 Å². The van der Waals surface area contributed by atoms with Crippen LogP contribution in [0.2, 0.25) is 0 Å². The van der Waals surface area contributed by atoms with Gasteiger partial charge in [0, 0.05) is 12.6 Å². The summed E-state index contributed by atoms with van der Waals surface area (Å²) in [7, 11) is 0. The monoisotopic (exact) mass is 293 g/mol. The van der Waals surface area contributed by atoms with Gasteiger partial charge >= 0.3 is 0 Å². The van der Waals surface area contributed by atoms with Crippen molar-refractivity contribution in [3.8, 4) is 0 Å². The van der Waals surface area contributed by atoms with E-state index in [4.69, 9.17) is 4.74 Å². The van der Waals surface area contributed by atoms with E-state index in [9.17, 15) is 0 Å². The first-order valence-corrected chi connectivity index (χ1v) is 9.40. The average molecular weight is 293 g/mol. The molecule has 0 spiro atoms. The van der Waals surface area contributed by atoms with E-state index >= 15 is 0 Å². The molecule has 0 aromatic carbocycles. The molecule has 4 rings (SSSR count). The molecule has 3 atom stereocenters. The number of rotatable bonds is 8. The maximum atomic E-state index is 6.00. The maximum absolute atomic E-state index is 6.00. The molecule has 1 N–H and O–H groups in total. The Morgan fingerprint density at radius 2 is 1.81 bits per heavy atom. The quantitative estimate of drug-likeness (QED) is 0.670. The van der Waals surface area contributed by atoms with Crippen LogP contribution in [0.25, 0.3) is 0 Å². The highest BCUT2D eigenvalue weighted by Crippen LogP contribution is 2.66. The molecule has 4 aliphatic rings. The molecular formula is C19H35NO. The highest BCUT2D eigenvalue weighted by Gasteiger charge is 2.58. The van der Waals surface area contributed by atoms with Crippen LogP contribution in [0.1, 0.15) is 72.1 Å². The molecule has 0 aromatic heterocycles. The summed E-state index contributed by atoms with van der Waals surface area (Å²) < 4.78 is 6.00. The van der Waals surface area contributed by atoms with Crippen LogP contribution in [-0.2, 0) is 4.74 Å². The molecule has 0 radical (unpaired) electrons. The summed E-state index contributed by atoms with van der Waals surface area (Å²) in [6.45, 7) is 10.1. The fourth-order valence-electron chi connectivity index (χ4n) is 6.32. The summed E-state index contributed by atoms with van der Waals surface area (Å²) in [6.07, 6.45) is 11.3. The summed E-state index contributed by atoms with van der Waals surface area (Å²) in [6, 6.07) is 0.592. The van der Waals surface area contributed by atoms with Gasteiger partial charge in [-0.3, -0.25) is 0 Å². The Bertz CT molecular complexity index is 339. The van der Waals surface area contributed by atoms with Gasteiger partial charge in [0.25, 0.3) is 0 Å². The smallest absolute Gasteiger partial charge is 0.0625 e. The van der Waals surface area contributed by atoms with Crippen molar-refractivity contribution in [3.63, 3.8) is 0 Å². The van der Waals surface area contributed by atoms with Crippen LogP contribution in [0.3, 0.4) is 0 Å². The minimum atomic E-state index is 0.543. The summed E-state index contributed by atoms with van der Waals surface area (Å²) in [4.78, 5) is 0. The molecule has 0 aliphatic heterocycles. The van der Waals surface area contributed by atoms with Crippen molar-refractivity contribution in [2.24, 2.45) is 22.7 Å². The van der Waals surface area contributed by atoms with Crippen LogP contribution < -0.4 is 5.32 Å². The van der Waals surface area contributed by atoms with Crippen LogP contribution >= 0.6 is 0 Å². The summed E-state index contributed by atoms with van der Waals surface area (Å²) in [5.74, 6) is 2.02. The van der Waals surface area contributed by atoms with Crippen LogP contribution in [-0.4, -0.2) is 25.8 Å². The van der Waals surface area contributed by atoms with E-state index in [2.05, 4.69) is 26.1 Å². The first-order chi connectivity index (χ1) is 10.1. The van der Waals surface area contributed by atoms with Crippen LogP contribution in [0.15, 0.2) is 0 Å². The highest BCUT2D eigenvalue weighted by molar-refractivity contribution is 5.10. The third-order valence-electron chi connectivity index (χ3n) is 6.41. The molecule has 21 heavy (non-hydrogen) atoms. The Hall–Kier alpha value is -0.0800. The second-order valence-corrected chi connectivity index (χ2v) is 8.72. The van der Waals surface area contributed by atoms with E-state index in [-0.39, 0.29) is 0 Å². The van der Waals surface area contributed by atoms with Gasteiger partial charge in [-0.15, -0.1) is 0 Å². The predicted molar refractivity (Wildman–Crippen MR) is 88.4 cm³/mol. The lowest BCUT2D eigenvalue weighted by molar-refractivity contribution is -0.127. The van der Waals surface area contributed by atoms with Gasteiger partial charge in [-0.25, -0.2) is 0 Å². The molecule has 0 aromatic rings. The van der Waals surface area contributed by atoms with Gasteiger partial charge in [-0.2, -0.15) is 0 Å². The van der Waals surface area contributed by atoms with Gasteiger partial charge in [0.05, 0.1) is 6.61 Å². The third-order valence-corrected chi connectivity index (χ3v) is 6.41. The minimum absolute atomic E-state index is 0.543. The normalized spacial score (nSPS) is 42.4. The molecular weight excluding hydrogens is 258 g/mol. The SMILES string of the molecule is CCCNC(COCCC)C12CC3CC(CC(C)(C3)C1)C2. The molecule has 4 saturated carbocycles. The van der Waals surface area contributed by atoms with E-state index in [1.807, 2.05) is 0 Å². The Morgan fingerprint density at radius 1 is 1.10 bits per heavy atom. The Labute approximate surface area is 131 Å². The molecule has 2 nitrogen and oxygen atoms in total. The van der Waals surface area contributed by atoms with Gasteiger partial charge in [-0.05, 0) is 80.6 Å². The second kappa shape index (κ2) is 6.20. The first kappa shape index (κ1) is 15.8. The Morgan fingerprint density at radius 3 is 2.38 bits per heavy atom. The van der Waals surface area contributed by atoms with Crippen LogP contribution in [0.5, 0.6) is 0 Å². The molecule has 4 aliphatic carbocycles. The number of nitrogens with one attached hydrogen (secondary N) is 1. The van der Waals surface area contributed by atoms with E-state index < -0.39 is 0 Å². The molecule has 3 unspecified atom stereocenters. The second-order valence-electron chi connectivity index (χ2n) is 8.72. The van der Waals surface area contributed by atoms with Gasteiger partial charge in [-0.1, -0.05) is 20.8 Å². The molecule has 2 heteroatoms. The number of hydrogen-bond acceptors (Lipinski definition) is 2. The van der Waals surface area contributed by atoms with Crippen molar-refractivity contribution in [2.75, 3.05) is 19.8 Å². The van der Waals surface area contributed by atoms with Crippen molar-refractivity contribution in [3.05, 3.63) is 0 Å². The zero-order valence-corrected chi connectivity index (χ0v) is 14.4. The van der Waals surface area contributed by atoms with Gasteiger partial charge < -0.3 is 10.1 Å². The summed E-state index contributed by atoms with van der Waals surface area (Å²) in [5.41, 5.74) is 1.18. The largest absolute Gasteiger partial charge is 0.380 e. The van der Waals surface area contributed by atoms with Crippen LogP contribution in [0.4, 0.5) is 0 Å². The minimum Gasteiger partial charge on any atom is -0.380 e. The van der Waals surface area contributed by atoms with Crippen molar-refractivity contribution in [1.29, 1.82) is 0 Å². The van der Waals surface area contributed by atoms with E-state index in [1.54, 1.807) is 0 Å². The lowest BCUT2D eigenvalue weighted by atomic mass is 9.43. The van der Waals surface area contributed by atoms with Crippen LogP contribution in [0, 0.1) is 22.7 Å². The van der Waals surface area contributed by atoms with E-state index in [0.29, 0.717) is 16.9 Å². The summed E-state index contributed by atoms with van der Waals surface area (Å²) in [5, 5.41) is 3.88. The molecule has 0 heterocycles. The van der Waals surface area contributed by atoms with Crippen molar-refractivity contribution in [1.82, 2.24) is 5.32 Å². The molecule has 0 amide bonds. The lowest BCUT2D eigenvalue weighted by Crippen LogP contribution is -2.60. The first-order valence-electron chi connectivity index (χ1n) is 9.40. The Balaban J connectivity index is 1.73. The molecule has 4 bridgehead atoms. The van der Waals surface area contributed by atoms with Gasteiger partial charge in [0.2, 0.25) is 0 Å². The zero-order chi connectivity index (χ0) is 14.9. The maximum Gasteiger partial charge on any atom is 0.0625 e. The average Bonchev–Trinajstić information content (AvgIpc) is 2.39. The predicted octanol–water partition coefficient (Wildman–Crippen LogP) is 4.39. The molecule has 0 saturated heterocycles. The lowest BCUT2D eigenvalue weighted by Gasteiger charge is -2.63. The van der Waals surface area contributed by atoms with Crippen molar-refractivity contribution in [2.45, 2.75) is 78.2 Å². The van der Waals surface area contributed by atoms with Crippen molar-refractivity contribution >= 4 is 0 Å². The highest BCUT2D eigenvalue weighted by atomic mass is 16.5. The zero-order valence-electron chi connectivity index (χ0n) is 14.4. The standard InChI is InChI=1S/C19H35NO/c1-4-6-20-17(13-21-7-5-2)19-11-15-8-16(12-19)10-18(3,9-15)14-19/h15-17,20H,4-14H2,1-3H3. The fraction of sp³-hybridized carbons (Fsp3) is 1.00. The van der Waals surface area contributed by atoms with Gasteiger partial charge in [0.15, 0.2) is 0 Å². The molecule has 4 fully saturated rings. The number of hydrogen-bond donors (Lipinski definition) is 1. The van der Waals surface area contributed by atoms with E-state index in [1.165, 1.54) is 44.9 Å². The van der Waals surface area contributed by atoms with Crippen molar-refractivity contribution < 1.29 is 4.74 Å². The van der Waals surface area contributed by atoms with E-state index in [0.717, 1.165) is 38.0 Å². The summed E-state index contributed by atoms with van der Waals surface area (Å²) >= 11 is 0. The molecule has 122 valence electrons. The Kier molecular flexibility index (Phi) is 4.66. The van der Waals surface area contributed by atoms with Gasteiger partial charge in [0.1, 0.15) is 0 Å². The number of ether oxygens (including phenoxy) is 1. The fourth-order valence-corrected chi connectivity index (χ4v) is 6.32.